The maximum absolute atomic E-state index is 12.7. The number of ether oxygens (including phenoxy) is 3. The molecule has 1 aromatic carbocycles. The van der Waals surface area contributed by atoms with Gasteiger partial charge in [-0.05, 0) is 38.4 Å². The van der Waals surface area contributed by atoms with E-state index in [0.29, 0.717) is 12.1 Å². The number of likely N-dealkylation sites (N-methyl/N-ethyl adjacent to an activating group) is 1. The highest BCUT2D eigenvalue weighted by Gasteiger charge is 2.21. The van der Waals surface area contributed by atoms with Gasteiger partial charge in [0, 0.05) is 12.1 Å². The minimum atomic E-state index is -0.640. The number of carbonyl (C=O) groups excluding carboxylic acids is 2. The summed E-state index contributed by atoms with van der Waals surface area (Å²) in [5.41, 5.74) is 5.43. The molecule has 152 valence electrons. The van der Waals surface area contributed by atoms with Crippen LogP contribution in [-0.4, -0.2) is 58.2 Å². The first-order valence-electron chi connectivity index (χ1n) is 8.52. The van der Waals surface area contributed by atoms with E-state index in [4.69, 9.17) is 24.4 Å². The van der Waals surface area contributed by atoms with Crippen LogP contribution in [0.25, 0.3) is 0 Å². The van der Waals surface area contributed by atoms with Crippen LogP contribution in [0.15, 0.2) is 34.9 Å². The summed E-state index contributed by atoms with van der Waals surface area (Å²) in [5.74, 6) is 0.481. The van der Waals surface area contributed by atoms with Crippen molar-refractivity contribution in [2.24, 2.45) is 5.73 Å². The Balaban J connectivity index is 2.19. The van der Waals surface area contributed by atoms with Gasteiger partial charge in [-0.2, -0.15) is 0 Å². The molecule has 0 fully saturated rings. The van der Waals surface area contributed by atoms with E-state index in [1.807, 2.05) is 25.1 Å². The summed E-state index contributed by atoms with van der Waals surface area (Å²) in [6, 6.07) is 6.54. The first-order chi connectivity index (χ1) is 13.4. The minimum absolute atomic E-state index is 0.124. The normalized spacial score (nSPS) is 11.8. The second kappa shape index (κ2) is 9.65. The van der Waals surface area contributed by atoms with Gasteiger partial charge < -0.3 is 29.7 Å². The second-order valence-electron chi connectivity index (χ2n) is 6.17. The molecule has 0 aliphatic heterocycles. The molecule has 3 N–H and O–H groups in total. The number of rotatable bonds is 10. The van der Waals surface area contributed by atoms with Crippen LogP contribution in [0.2, 0.25) is 0 Å². The summed E-state index contributed by atoms with van der Waals surface area (Å²) < 4.78 is 21.3. The van der Waals surface area contributed by atoms with Crippen molar-refractivity contribution in [3.05, 3.63) is 41.9 Å². The maximum atomic E-state index is 12.7. The van der Waals surface area contributed by atoms with Crippen molar-refractivity contribution in [3.63, 3.8) is 0 Å². The highest BCUT2D eigenvalue weighted by atomic mass is 16.5. The number of amides is 2. The molecule has 9 heteroatoms. The van der Waals surface area contributed by atoms with Crippen molar-refractivity contribution >= 4 is 11.8 Å². The lowest BCUT2D eigenvalue weighted by atomic mass is 10.1. The third-order valence-electron chi connectivity index (χ3n) is 4.03. The number of nitrogens with two attached hydrogens (primary N) is 1. The van der Waals surface area contributed by atoms with E-state index in [9.17, 15) is 9.59 Å². The number of hydrogen-bond donors (Lipinski definition) is 2. The third kappa shape index (κ3) is 5.17. The van der Waals surface area contributed by atoms with Crippen LogP contribution in [0.1, 0.15) is 22.2 Å². The summed E-state index contributed by atoms with van der Waals surface area (Å²) in [6.07, 6.45) is 1.59. The lowest BCUT2D eigenvalue weighted by molar-refractivity contribution is -0.120. The molecule has 0 saturated carbocycles. The van der Waals surface area contributed by atoms with Gasteiger partial charge in [-0.1, -0.05) is 0 Å². The van der Waals surface area contributed by atoms with Crippen molar-refractivity contribution in [2.45, 2.75) is 6.04 Å². The fourth-order valence-corrected chi connectivity index (χ4v) is 2.61. The molecule has 2 rings (SSSR count). The Labute approximate surface area is 163 Å². The predicted molar refractivity (Wildman–Crippen MR) is 102 cm³/mol. The van der Waals surface area contributed by atoms with E-state index >= 15 is 0 Å². The van der Waals surface area contributed by atoms with Gasteiger partial charge in [0.15, 0.2) is 18.1 Å². The maximum Gasteiger partial charge on any atom is 0.255 e. The number of furan rings is 1. The zero-order chi connectivity index (χ0) is 20.7. The summed E-state index contributed by atoms with van der Waals surface area (Å²) in [4.78, 5) is 25.6. The Morgan fingerprint density at radius 3 is 2.32 bits per heavy atom. The minimum Gasteiger partial charge on any atom is -0.493 e. The zero-order valence-corrected chi connectivity index (χ0v) is 16.4. The fourth-order valence-electron chi connectivity index (χ4n) is 2.61. The number of benzene rings is 1. The quantitative estimate of drug-likeness (QED) is 0.625. The first-order valence-corrected chi connectivity index (χ1v) is 8.52. The lowest BCUT2D eigenvalue weighted by Gasteiger charge is -2.22. The molecule has 0 saturated heterocycles. The Morgan fingerprint density at radius 2 is 1.86 bits per heavy atom. The van der Waals surface area contributed by atoms with E-state index < -0.39 is 5.91 Å². The van der Waals surface area contributed by atoms with Gasteiger partial charge in [0.05, 0.1) is 26.5 Å². The van der Waals surface area contributed by atoms with Gasteiger partial charge in [-0.15, -0.1) is 0 Å². The van der Waals surface area contributed by atoms with Gasteiger partial charge in [0.1, 0.15) is 5.76 Å². The molecule has 2 aromatic rings. The summed E-state index contributed by atoms with van der Waals surface area (Å²) >= 11 is 0. The SMILES string of the molecule is COc1cc(C(=O)NCC(c2ccco2)N(C)C)cc(OC)c1OCC(N)=O. The van der Waals surface area contributed by atoms with Crippen LogP contribution < -0.4 is 25.3 Å². The van der Waals surface area contributed by atoms with Crippen molar-refractivity contribution in [1.82, 2.24) is 10.2 Å². The largest absolute Gasteiger partial charge is 0.493 e. The van der Waals surface area contributed by atoms with Crippen LogP contribution in [0.3, 0.4) is 0 Å². The molecular formula is C19H25N3O6. The van der Waals surface area contributed by atoms with E-state index in [1.54, 1.807) is 12.3 Å². The summed E-state index contributed by atoms with van der Waals surface area (Å²) in [7, 11) is 6.64. The second-order valence-corrected chi connectivity index (χ2v) is 6.17. The topological polar surface area (TPSA) is 116 Å². The molecule has 1 aromatic heterocycles. The number of methoxy groups -OCH3 is 2. The number of primary amides is 1. The number of carbonyl (C=O) groups is 2. The van der Waals surface area contributed by atoms with Crippen LogP contribution in [-0.2, 0) is 4.79 Å². The van der Waals surface area contributed by atoms with Crippen LogP contribution in [0.5, 0.6) is 17.2 Å². The first kappa shape index (κ1) is 21.1. The molecule has 2 amide bonds. The van der Waals surface area contributed by atoms with E-state index in [2.05, 4.69) is 5.32 Å². The zero-order valence-electron chi connectivity index (χ0n) is 16.4. The highest BCUT2D eigenvalue weighted by molar-refractivity contribution is 5.95. The van der Waals surface area contributed by atoms with Crippen LogP contribution in [0, 0.1) is 0 Å². The molecule has 0 aliphatic rings. The number of nitrogens with zero attached hydrogens (tertiary/aromatic N) is 1. The Hall–Kier alpha value is -3.20. The van der Waals surface area contributed by atoms with E-state index in [-0.39, 0.29) is 35.8 Å². The van der Waals surface area contributed by atoms with E-state index in [1.165, 1.54) is 26.4 Å². The van der Waals surface area contributed by atoms with Crippen molar-refractivity contribution in [3.8, 4) is 17.2 Å². The molecule has 0 bridgehead atoms. The average Bonchev–Trinajstić information content (AvgIpc) is 3.19. The van der Waals surface area contributed by atoms with Crippen LogP contribution >= 0.6 is 0 Å². The van der Waals surface area contributed by atoms with Gasteiger partial charge in [0.2, 0.25) is 5.75 Å². The molecule has 1 atom stereocenters. The molecule has 1 unspecified atom stereocenters. The summed E-state index contributed by atoms with van der Waals surface area (Å²) in [6.45, 7) is -0.00414. The van der Waals surface area contributed by atoms with Crippen molar-refractivity contribution < 1.29 is 28.2 Å². The fraction of sp³-hybridized carbons (Fsp3) is 0.368. The van der Waals surface area contributed by atoms with Gasteiger partial charge >= 0.3 is 0 Å². The molecule has 28 heavy (non-hydrogen) atoms. The lowest BCUT2D eigenvalue weighted by Crippen LogP contribution is -2.34. The monoisotopic (exact) mass is 391 g/mol. The predicted octanol–water partition coefficient (Wildman–Crippen LogP) is 1.19. The third-order valence-corrected chi connectivity index (χ3v) is 4.03. The van der Waals surface area contributed by atoms with E-state index in [0.717, 1.165) is 5.76 Å². The van der Waals surface area contributed by atoms with Crippen LogP contribution in [0.4, 0.5) is 0 Å². The molecule has 0 spiro atoms. The molecular weight excluding hydrogens is 366 g/mol. The van der Waals surface area contributed by atoms with Gasteiger partial charge in [-0.25, -0.2) is 0 Å². The average molecular weight is 391 g/mol. The van der Waals surface area contributed by atoms with Crippen molar-refractivity contribution in [1.29, 1.82) is 0 Å². The van der Waals surface area contributed by atoms with Gasteiger partial charge in [0.25, 0.3) is 11.8 Å². The Bertz CT molecular complexity index is 779. The highest BCUT2D eigenvalue weighted by Crippen LogP contribution is 2.38. The Kier molecular flexibility index (Phi) is 7.28. The molecule has 1 heterocycles. The number of nitrogens with one attached hydrogen (secondary N) is 1. The Morgan fingerprint density at radius 1 is 1.21 bits per heavy atom. The summed E-state index contributed by atoms with van der Waals surface area (Å²) in [5, 5.41) is 2.87. The molecule has 9 nitrogen and oxygen atoms in total. The number of hydrogen-bond acceptors (Lipinski definition) is 7. The van der Waals surface area contributed by atoms with Crippen molar-refractivity contribution in [2.75, 3.05) is 41.5 Å². The molecule has 0 aliphatic carbocycles. The smallest absolute Gasteiger partial charge is 0.255 e. The molecule has 0 radical (unpaired) electrons. The standard InChI is InChI=1S/C19H25N3O6/c1-22(2)13(14-6-5-7-27-14)10-21-19(24)12-8-15(25-3)18(16(9-12)26-4)28-11-17(20)23/h5-9,13H,10-11H2,1-4H3,(H2,20,23)(H,21,24). The van der Waals surface area contributed by atoms with Gasteiger partial charge in [-0.3, -0.25) is 14.5 Å².